The van der Waals surface area contributed by atoms with Crippen LogP contribution in [-0.2, 0) is 26.1 Å². The van der Waals surface area contributed by atoms with Crippen molar-refractivity contribution in [3.63, 3.8) is 0 Å². The highest BCUT2D eigenvalue weighted by molar-refractivity contribution is 7.99. The van der Waals surface area contributed by atoms with E-state index < -0.39 is 16.3 Å². The molecule has 5 aromatic rings. The van der Waals surface area contributed by atoms with E-state index in [0.29, 0.717) is 28.7 Å². The number of rotatable bonds is 10. The zero-order valence-electron chi connectivity index (χ0n) is 23.3. The first-order chi connectivity index (χ1) is 21.4. The molecule has 0 saturated carbocycles. The number of phenolic OH excluding ortho intramolecular Hbond substituents is 1. The number of hydrogen-bond donors (Lipinski definition) is 3. The molecule has 226 valence electrons. The molecular formula is C31H29N5O6S2. The molecule has 4 aromatic carbocycles. The molecule has 0 amide bonds. The summed E-state index contributed by atoms with van der Waals surface area (Å²) in [6.45, 7) is -0.0487. The van der Waals surface area contributed by atoms with Crippen LogP contribution in [0.5, 0.6) is 5.75 Å². The number of aromatic hydroxyl groups is 1. The summed E-state index contributed by atoms with van der Waals surface area (Å²) < 4.78 is 42.6. The number of nitrogens with zero attached hydrogens (tertiary/aromatic N) is 4. The Hall–Kier alpha value is -4.27. The van der Waals surface area contributed by atoms with Gasteiger partial charge in [-0.05, 0) is 70.1 Å². The number of aliphatic hydroxyl groups excluding tert-OH is 1. The minimum absolute atomic E-state index is 0.0487. The van der Waals surface area contributed by atoms with Crippen LogP contribution in [-0.4, -0.2) is 50.7 Å². The Balaban J connectivity index is 1.20. The first-order valence-electron chi connectivity index (χ1n) is 13.8. The Kier molecular flexibility index (Phi) is 8.91. The first-order valence-corrected chi connectivity index (χ1v) is 16.2. The Morgan fingerprint density at radius 3 is 2.30 bits per heavy atom. The van der Waals surface area contributed by atoms with Gasteiger partial charge in [-0.25, -0.2) is 8.42 Å². The van der Waals surface area contributed by atoms with Gasteiger partial charge in [0.05, 0.1) is 29.4 Å². The van der Waals surface area contributed by atoms with Gasteiger partial charge in [0.15, 0.2) is 6.29 Å². The van der Waals surface area contributed by atoms with E-state index in [2.05, 4.69) is 20.2 Å². The number of phenols is 1. The highest BCUT2D eigenvalue weighted by Gasteiger charge is 2.33. The number of anilines is 1. The van der Waals surface area contributed by atoms with Crippen molar-refractivity contribution in [1.29, 1.82) is 0 Å². The molecule has 0 bridgehead atoms. The molecule has 3 N–H and O–H groups in total. The molecule has 1 aliphatic rings. The standard InChI is InChI=1S/C31H29N5O6S2/c37-19-21-6-8-22(9-7-21)29-18-27(20-43-31-32-34-35-36(31)25-14-16-26(38)17-15-25)41-30(42-29)23-10-12-24(13-11-23)33-44(39,40)28-4-2-1-3-5-28/h1-17,27,29-30,33,37-38H,18-20H2/t27-,29+,30+/m0/s1. The van der Waals surface area contributed by atoms with E-state index in [9.17, 15) is 18.6 Å². The van der Waals surface area contributed by atoms with Gasteiger partial charge >= 0.3 is 0 Å². The molecule has 1 aromatic heterocycles. The summed E-state index contributed by atoms with van der Waals surface area (Å²) in [4.78, 5) is 0.176. The Labute approximate surface area is 258 Å². The predicted octanol–water partition coefficient (Wildman–Crippen LogP) is 5.00. The number of sulfonamides is 1. The summed E-state index contributed by atoms with van der Waals surface area (Å²) in [5, 5.41) is 31.8. The number of hydrogen-bond acceptors (Lipinski definition) is 10. The molecule has 0 unspecified atom stereocenters. The van der Waals surface area contributed by atoms with E-state index in [1.165, 1.54) is 23.9 Å². The third kappa shape index (κ3) is 6.93. The van der Waals surface area contributed by atoms with E-state index >= 15 is 0 Å². The number of aliphatic hydroxyl groups is 1. The maximum atomic E-state index is 12.8. The third-order valence-corrected chi connectivity index (χ3v) is 9.49. The molecule has 13 heteroatoms. The van der Waals surface area contributed by atoms with Gasteiger partial charge < -0.3 is 19.7 Å². The summed E-state index contributed by atoms with van der Waals surface area (Å²) in [6, 6.07) is 29.3. The highest BCUT2D eigenvalue weighted by Crippen LogP contribution is 2.39. The van der Waals surface area contributed by atoms with Gasteiger partial charge in [-0.1, -0.05) is 66.4 Å². The van der Waals surface area contributed by atoms with Crippen LogP contribution in [0.1, 0.15) is 35.5 Å². The number of nitrogens with one attached hydrogen (secondary N) is 1. The Morgan fingerprint density at radius 1 is 0.886 bits per heavy atom. The average molecular weight is 632 g/mol. The van der Waals surface area contributed by atoms with Gasteiger partial charge in [0.1, 0.15) is 5.75 Å². The Morgan fingerprint density at radius 2 is 1.59 bits per heavy atom. The van der Waals surface area contributed by atoms with Gasteiger partial charge in [0.25, 0.3) is 10.0 Å². The van der Waals surface area contributed by atoms with Crippen molar-refractivity contribution < 1.29 is 28.1 Å². The fourth-order valence-corrected chi connectivity index (χ4v) is 6.72. The number of ether oxygens (including phenoxy) is 2. The van der Waals surface area contributed by atoms with E-state index in [-0.39, 0.29) is 29.5 Å². The largest absolute Gasteiger partial charge is 0.508 e. The van der Waals surface area contributed by atoms with Crippen LogP contribution in [0.3, 0.4) is 0 Å². The van der Waals surface area contributed by atoms with Gasteiger partial charge in [-0.3, -0.25) is 4.72 Å². The highest BCUT2D eigenvalue weighted by atomic mass is 32.2. The number of tetrazole rings is 1. The molecule has 3 atom stereocenters. The molecule has 2 heterocycles. The zero-order valence-corrected chi connectivity index (χ0v) is 24.9. The van der Waals surface area contributed by atoms with Crippen LogP contribution in [0, 0.1) is 0 Å². The smallest absolute Gasteiger partial charge is 0.261 e. The molecule has 0 aliphatic carbocycles. The molecule has 0 spiro atoms. The zero-order chi connectivity index (χ0) is 30.5. The average Bonchev–Trinajstić information content (AvgIpc) is 3.53. The lowest BCUT2D eigenvalue weighted by atomic mass is 10.0. The van der Waals surface area contributed by atoms with Crippen LogP contribution >= 0.6 is 11.8 Å². The summed E-state index contributed by atoms with van der Waals surface area (Å²) >= 11 is 1.44. The molecule has 44 heavy (non-hydrogen) atoms. The van der Waals surface area contributed by atoms with Crippen LogP contribution in [0.2, 0.25) is 0 Å². The fourth-order valence-electron chi connectivity index (χ4n) is 4.74. The Bertz CT molecular complexity index is 1780. The van der Waals surface area contributed by atoms with E-state index in [1.54, 1.807) is 71.4 Å². The lowest BCUT2D eigenvalue weighted by molar-refractivity contribution is -0.245. The normalized spacial score (nSPS) is 18.6. The minimum Gasteiger partial charge on any atom is -0.508 e. The molecule has 1 aliphatic heterocycles. The van der Waals surface area contributed by atoms with E-state index in [1.807, 2.05) is 24.3 Å². The van der Waals surface area contributed by atoms with Crippen LogP contribution in [0.25, 0.3) is 5.69 Å². The quantitative estimate of drug-likeness (QED) is 0.180. The number of benzene rings is 4. The van der Waals surface area contributed by atoms with Gasteiger partial charge in [0.2, 0.25) is 5.16 Å². The second kappa shape index (κ2) is 13.2. The topological polar surface area (TPSA) is 149 Å². The van der Waals surface area contributed by atoms with Gasteiger partial charge in [0, 0.05) is 23.4 Å². The fraction of sp³-hybridized carbons (Fsp3) is 0.194. The second-order valence-corrected chi connectivity index (χ2v) is 12.8. The molecule has 6 rings (SSSR count). The summed E-state index contributed by atoms with van der Waals surface area (Å²) in [5.41, 5.74) is 3.61. The maximum absolute atomic E-state index is 12.8. The molecule has 11 nitrogen and oxygen atoms in total. The summed E-state index contributed by atoms with van der Waals surface area (Å²) in [7, 11) is -3.73. The van der Waals surface area contributed by atoms with Crippen LogP contribution < -0.4 is 4.72 Å². The first kappa shape index (κ1) is 29.8. The third-order valence-electron chi connectivity index (χ3n) is 7.04. The summed E-state index contributed by atoms with van der Waals surface area (Å²) in [5.74, 6) is 0.677. The number of aromatic nitrogens is 4. The minimum atomic E-state index is -3.73. The maximum Gasteiger partial charge on any atom is 0.261 e. The summed E-state index contributed by atoms with van der Waals surface area (Å²) in [6.07, 6.45) is -0.693. The van der Waals surface area contributed by atoms with E-state index in [0.717, 1.165) is 16.7 Å². The lowest BCUT2D eigenvalue weighted by Gasteiger charge is -2.36. The van der Waals surface area contributed by atoms with E-state index in [4.69, 9.17) is 9.47 Å². The molecule has 1 fully saturated rings. The van der Waals surface area contributed by atoms with Crippen molar-refractivity contribution >= 4 is 27.5 Å². The molecule has 0 radical (unpaired) electrons. The van der Waals surface area contributed by atoms with Crippen molar-refractivity contribution in [3.05, 3.63) is 120 Å². The van der Waals surface area contributed by atoms with Gasteiger partial charge in [-0.2, -0.15) is 4.68 Å². The molecular weight excluding hydrogens is 603 g/mol. The second-order valence-electron chi connectivity index (χ2n) is 10.1. The predicted molar refractivity (Wildman–Crippen MR) is 164 cm³/mol. The van der Waals surface area contributed by atoms with Crippen LogP contribution in [0.15, 0.2) is 113 Å². The van der Waals surface area contributed by atoms with Crippen molar-refractivity contribution in [2.24, 2.45) is 0 Å². The lowest BCUT2D eigenvalue weighted by Crippen LogP contribution is -2.31. The SMILES string of the molecule is O=S(=O)(Nc1ccc([C@@H]2O[C@H](CSc3nnnn3-c3ccc(O)cc3)C[C@H](c3ccc(CO)cc3)O2)cc1)c1ccccc1. The van der Waals surface area contributed by atoms with Crippen molar-refractivity contribution in [1.82, 2.24) is 20.2 Å². The number of thioether (sulfide) groups is 1. The van der Waals surface area contributed by atoms with Gasteiger partial charge in [-0.15, -0.1) is 5.10 Å². The monoisotopic (exact) mass is 631 g/mol. The van der Waals surface area contributed by atoms with Crippen LogP contribution in [0.4, 0.5) is 5.69 Å². The van der Waals surface area contributed by atoms with Crippen molar-refractivity contribution in [2.75, 3.05) is 10.5 Å². The molecule has 1 saturated heterocycles. The van der Waals surface area contributed by atoms with Crippen molar-refractivity contribution in [2.45, 2.75) is 41.6 Å². The van der Waals surface area contributed by atoms with Crippen molar-refractivity contribution in [3.8, 4) is 11.4 Å².